The number of aliphatic hydroxyl groups is 1. The third-order valence-electron chi connectivity index (χ3n) is 14.5. The largest absolute Gasteiger partial charge is 0.756 e. The molecule has 0 saturated carbocycles. The standard InChI is InChI=1S/C70H127N2O6P/c1-6-8-10-12-14-16-18-20-22-24-26-28-30-31-32-33-34-35-36-37-38-39-40-41-42-44-46-48-50-52-54-56-58-60-62-64-70(74)71-68(67-78-79(75,76)77-66-65-72(3,4)5)69(73)63-61-59-57-55-53-51-49-47-45-43-29-27-25-23-21-19-17-15-13-11-9-7-2/h8,10,14,16,20,22,26,28,31-32,45,47,53,55,61,63,68-69,73H,6-7,9,11-13,15,17-19,21,23-25,27,29-30,33-44,46,48-52,54,56-60,62,64-67H2,1-5H3,(H-,71,74,75,76)/b10-8-,16-14-,22-20-,28-26-,32-31-,47-45+,55-53+,63-61+. The second-order valence-electron chi connectivity index (χ2n) is 23.4. The van der Waals surface area contributed by atoms with Crippen molar-refractivity contribution < 1.29 is 32.9 Å². The Kier molecular flexibility index (Phi) is 58.1. The van der Waals surface area contributed by atoms with Gasteiger partial charge in [-0.25, -0.2) is 0 Å². The molecule has 0 aliphatic heterocycles. The number of nitrogens with zero attached hydrogens (tertiary/aromatic N) is 1. The predicted molar refractivity (Wildman–Crippen MR) is 343 cm³/mol. The molecular weight excluding hydrogens is 996 g/mol. The van der Waals surface area contributed by atoms with Crippen molar-refractivity contribution in [2.24, 2.45) is 0 Å². The van der Waals surface area contributed by atoms with Crippen molar-refractivity contribution >= 4 is 13.7 Å². The number of phosphoric acid groups is 1. The number of hydrogen-bond acceptors (Lipinski definition) is 6. The van der Waals surface area contributed by atoms with Crippen molar-refractivity contribution in [1.82, 2.24) is 5.32 Å². The fourth-order valence-corrected chi connectivity index (χ4v) is 10.1. The average Bonchev–Trinajstić information content (AvgIpc) is 3.42. The van der Waals surface area contributed by atoms with Gasteiger partial charge in [0.05, 0.1) is 39.9 Å². The molecule has 0 aromatic carbocycles. The van der Waals surface area contributed by atoms with Gasteiger partial charge in [-0.15, -0.1) is 0 Å². The molecule has 3 unspecified atom stereocenters. The van der Waals surface area contributed by atoms with Crippen LogP contribution in [-0.2, 0) is 18.4 Å². The monoisotopic (exact) mass is 1120 g/mol. The van der Waals surface area contributed by atoms with Crippen LogP contribution in [0, 0.1) is 0 Å². The van der Waals surface area contributed by atoms with E-state index in [9.17, 15) is 19.4 Å². The van der Waals surface area contributed by atoms with Crippen molar-refractivity contribution in [3.63, 3.8) is 0 Å². The molecule has 0 aliphatic carbocycles. The first-order valence-corrected chi connectivity index (χ1v) is 34.6. The van der Waals surface area contributed by atoms with Gasteiger partial charge in [0, 0.05) is 6.42 Å². The Morgan fingerprint density at radius 1 is 0.456 bits per heavy atom. The first-order chi connectivity index (χ1) is 38.5. The Bertz CT molecular complexity index is 1610. The summed E-state index contributed by atoms with van der Waals surface area (Å²) >= 11 is 0. The molecule has 0 aromatic rings. The molecule has 0 aromatic heterocycles. The Balaban J connectivity index is 4.11. The number of nitrogens with one attached hydrogen (secondary N) is 1. The van der Waals surface area contributed by atoms with Gasteiger partial charge >= 0.3 is 0 Å². The van der Waals surface area contributed by atoms with Crippen molar-refractivity contribution in [2.75, 3.05) is 40.9 Å². The maximum absolute atomic E-state index is 13.0. The summed E-state index contributed by atoms with van der Waals surface area (Å²) in [5.41, 5.74) is 0. The molecular formula is C70H127N2O6P. The molecule has 0 rings (SSSR count). The Hall–Kier alpha value is -2.58. The van der Waals surface area contributed by atoms with Crippen molar-refractivity contribution in [3.8, 4) is 0 Å². The molecule has 3 atom stereocenters. The van der Waals surface area contributed by atoms with Gasteiger partial charge in [-0.2, -0.15) is 0 Å². The highest BCUT2D eigenvalue weighted by molar-refractivity contribution is 7.45. The van der Waals surface area contributed by atoms with Gasteiger partial charge in [0.25, 0.3) is 7.82 Å². The lowest BCUT2D eigenvalue weighted by molar-refractivity contribution is -0.870. The van der Waals surface area contributed by atoms with Crippen LogP contribution < -0.4 is 10.2 Å². The van der Waals surface area contributed by atoms with E-state index in [4.69, 9.17) is 9.05 Å². The average molecular weight is 1120 g/mol. The molecule has 0 radical (unpaired) electrons. The molecule has 458 valence electrons. The second-order valence-corrected chi connectivity index (χ2v) is 24.8. The smallest absolute Gasteiger partial charge is 0.268 e. The normalized spacial score (nSPS) is 14.4. The lowest BCUT2D eigenvalue weighted by Gasteiger charge is -2.29. The Labute approximate surface area is 489 Å². The van der Waals surface area contributed by atoms with Gasteiger partial charge < -0.3 is 28.8 Å². The van der Waals surface area contributed by atoms with Gasteiger partial charge in [0.15, 0.2) is 0 Å². The van der Waals surface area contributed by atoms with E-state index in [1.54, 1.807) is 6.08 Å². The number of carbonyl (C=O) groups is 1. The number of carbonyl (C=O) groups excluding carboxylic acids is 1. The first-order valence-electron chi connectivity index (χ1n) is 33.1. The highest BCUT2D eigenvalue weighted by Gasteiger charge is 2.23. The summed E-state index contributed by atoms with van der Waals surface area (Å²) in [5, 5.41) is 13.9. The van der Waals surface area contributed by atoms with Crippen LogP contribution in [0.2, 0.25) is 0 Å². The minimum Gasteiger partial charge on any atom is -0.756 e. The van der Waals surface area contributed by atoms with Crippen LogP contribution in [0.15, 0.2) is 97.2 Å². The van der Waals surface area contributed by atoms with E-state index >= 15 is 0 Å². The molecule has 1 amide bonds. The summed E-state index contributed by atoms with van der Waals surface area (Å²) in [7, 11) is 1.24. The molecule has 0 aliphatic rings. The van der Waals surface area contributed by atoms with Gasteiger partial charge in [0.2, 0.25) is 5.91 Å². The maximum Gasteiger partial charge on any atom is 0.268 e. The van der Waals surface area contributed by atoms with E-state index in [1.165, 1.54) is 193 Å². The molecule has 79 heavy (non-hydrogen) atoms. The van der Waals surface area contributed by atoms with Gasteiger partial charge in [-0.1, -0.05) is 291 Å². The van der Waals surface area contributed by atoms with Crippen LogP contribution >= 0.6 is 7.82 Å². The lowest BCUT2D eigenvalue weighted by atomic mass is 10.0. The van der Waals surface area contributed by atoms with Gasteiger partial charge in [-0.05, 0) is 89.9 Å². The van der Waals surface area contributed by atoms with Crippen molar-refractivity contribution in [2.45, 2.75) is 302 Å². The number of allylic oxidation sites excluding steroid dienone is 15. The number of hydrogen-bond donors (Lipinski definition) is 2. The number of aliphatic hydroxyl groups excluding tert-OH is 1. The molecule has 8 nitrogen and oxygen atoms in total. The second kappa shape index (κ2) is 60.0. The number of quaternary nitrogens is 1. The fourth-order valence-electron chi connectivity index (χ4n) is 9.39. The van der Waals surface area contributed by atoms with Crippen LogP contribution in [-0.4, -0.2) is 68.5 Å². The van der Waals surface area contributed by atoms with Crippen LogP contribution in [0.25, 0.3) is 0 Å². The van der Waals surface area contributed by atoms with Crippen molar-refractivity contribution in [3.05, 3.63) is 97.2 Å². The van der Waals surface area contributed by atoms with Crippen LogP contribution in [0.4, 0.5) is 0 Å². The SMILES string of the molecule is CC/C=C\C/C=C\C/C=C\C/C=C\C/C=C\CCCCCCCCCCCCCCCCCCCCCC(=O)NC(COP(=O)([O-])OCC[N+](C)(C)C)C(O)/C=C/CC/C=C/CC/C=C/CCCCCCCCCCCCCC. The zero-order chi connectivity index (χ0) is 57.7. The summed E-state index contributed by atoms with van der Waals surface area (Å²) in [6.45, 7) is 4.53. The molecule has 0 fully saturated rings. The number of likely N-dealkylation sites (N-methyl/N-ethyl adjacent to an activating group) is 1. The molecule has 0 heterocycles. The van der Waals surface area contributed by atoms with Crippen LogP contribution in [0.5, 0.6) is 0 Å². The fraction of sp³-hybridized carbons (Fsp3) is 0.757. The molecule has 0 spiro atoms. The molecule has 2 N–H and O–H groups in total. The van der Waals surface area contributed by atoms with Crippen LogP contribution in [0.3, 0.4) is 0 Å². The third kappa shape index (κ3) is 62.9. The van der Waals surface area contributed by atoms with Gasteiger partial charge in [0.1, 0.15) is 13.2 Å². The van der Waals surface area contributed by atoms with Crippen molar-refractivity contribution in [1.29, 1.82) is 0 Å². The number of rotatable bonds is 60. The topological polar surface area (TPSA) is 108 Å². The Morgan fingerprint density at radius 3 is 1.18 bits per heavy atom. The minimum absolute atomic E-state index is 0.0111. The number of amides is 1. The molecule has 0 bridgehead atoms. The minimum atomic E-state index is -4.62. The molecule has 0 saturated heterocycles. The first kappa shape index (κ1) is 76.4. The van der Waals surface area contributed by atoms with E-state index in [1.807, 2.05) is 27.2 Å². The molecule has 9 heteroatoms. The predicted octanol–water partition coefficient (Wildman–Crippen LogP) is 20.3. The number of phosphoric ester groups is 1. The van der Waals surface area contributed by atoms with Gasteiger partial charge in [-0.3, -0.25) is 9.36 Å². The third-order valence-corrected chi connectivity index (χ3v) is 15.5. The number of unbranched alkanes of at least 4 members (excludes halogenated alkanes) is 33. The summed E-state index contributed by atoms with van der Waals surface area (Å²) in [6.07, 6.45) is 86.6. The highest BCUT2D eigenvalue weighted by Crippen LogP contribution is 2.38. The summed E-state index contributed by atoms with van der Waals surface area (Å²) in [6, 6.07) is -0.914. The lowest BCUT2D eigenvalue weighted by Crippen LogP contribution is -2.45. The van der Waals surface area contributed by atoms with E-state index in [0.29, 0.717) is 17.4 Å². The summed E-state index contributed by atoms with van der Waals surface area (Å²) in [5.74, 6) is -0.210. The Morgan fingerprint density at radius 2 is 0.785 bits per heavy atom. The van der Waals surface area contributed by atoms with E-state index < -0.39 is 26.6 Å². The van der Waals surface area contributed by atoms with E-state index in [-0.39, 0.29) is 12.5 Å². The summed E-state index contributed by atoms with van der Waals surface area (Å²) in [4.78, 5) is 25.6. The maximum atomic E-state index is 13.0. The van der Waals surface area contributed by atoms with E-state index in [0.717, 1.165) is 77.0 Å². The zero-order valence-electron chi connectivity index (χ0n) is 52.3. The summed E-state index contributed by atoms with van der Waals surface area (Å²) < 4.78 is 23.4. The van der Waals surface area contributed by atoms with Crippen LogP contribution in [0.1, 0.15) is 290 Å². The quantitative estimate of drug-likeness (QED) is 0.0272. The zero-order valence-corrected chi connectivity index (χ0v) is 53.2. The highest BCUT2D eigenvalue weighted by atomic mass is 31.2. The van der Waals surface area contributed by atoms with E-state index in [2.05, 4.69) is 104 Å².